The lowest BCUT2D eigenvalue weighted by Gasteiger charge is -2.15. The predicted octanol–water partition coefficient (Wildman–Crippen LogP) is 3.81. The SMILES string of the molecule is CNc1nccnc1/C(=C\N)Oc1cnc2[nH]c(Nc3cc(C(=O)N(C)C)c(F)c(C(F)(F)F)c3)[n+](C)c2c1Cl. The molecule has 0 atom stereocenters. The lowest BCUT2D eigenvalue weighted by atomic mass is 10.1. The van der Waals surface area contributed by atoms with E-state index in [9.17, 15) is 22.4 Å². The van der Waals surface area contributed by atoms with Crippen molar-refractivity contribution in [2.45, 2.75) is 6.18 Å². The van der Waals surface area contributed by atoms with Gasteiger partial charge in [0.1, 0.15) is 22.2 Å². The van der Waals surface area contributed by atoms with Gasteiger partial charge in [-0.2, -0.15) is 13.2 Å². The molecule has 0 radical (unpaired) electrons. The number of alkyl halides is 3. The summed E-state index contributed by atoms with van der Waals surface area (Å²) in [7, 11) is 5.81. The summed E-state index contributed by atoms with van der Waals surface area (Å²) >= 11 is 6.63. The molecule has 210 valence electrons. The fraction of sp³-hybridized carbons (Fsp3) is 0.208. The molecule has 0 aliphatic heterocycles. The number of anilines is 3. The molecule has 0 saturated carbocycles. The third-order valence-electron chi connectivity index (χ3n) is 5.68. The number of aromatic amines is 1. The minimum absolute atomic E-state index is 0.0876. The Bertz CT molecular complexity index is 1640. The average molecular weight is 581 g/mol. The highest BCUT2D eigenvalue weighted by atomic mass is 35.5. The van der Waals surface area contributed by atoms with Crippen LogP contribution in [-0.4, -0.2) is 51.9 Å². The number of nitrogens with zero attached hydrogens (tertiary/aromatic N) is 5. The van der Waals surface area contributed by atoms with Crippen LogP contribution < -0.4 is 25.7 Å². The number of amides is 1. The number of imidazole rings is 1. The number of aryl methyl sites for hydroxylation is 1. The molecule has 11 nitrogen and oxygen atoms in total. The summed E-state index contributed by atoms with van der Waals surface area (Å²) in [6, 6.07) is 1.55. The summed E-state index contributed by atoms with van der Waals surface area (Å²) in [5.74, 6) is -1.86. The van der Waals surface area contributed by atoms with Crippen LogP contribution in [0.3, 0.4) is 0 Å². The van der Waals surface area contributed by atoms with Crippen LogP contribution in [0.15, 0.2) is 36.9 Å². The van der Waals surface area contributed by atoms with Crippen molar-refractivity contribution >= 4 is 51.9 Å². The van der Waals surface area contributed by atoms with Gasteiger partial charge in [-0.05, 0) is 12.1 Å². The molecule has 16 heteroatoms. The van der Waals surface area contributed by atoms with Gasteiger partial charge in [-0.1, -0.05) is 11.6 Å². The van der Waals surface area contributed by atoms with Gasteiger partial charge in [-0.3, -0.25) is 4.79 Å². The summed E-state index contributed by atoms with van der Waals surface area (Å²) in [4.78, 5) is 28.9. The Morgan fingerprint density at radius 3 is 2.55 bits per heavy atom. The number of hydrogen-bond donors (Lipinski definition) is 4. The zero-order valence-corrected chi connectivity index (χ0v) is 22.2. The molecule has 0 fully saturated rings. The molecule has 0 aliphatic carbocycles. The topological polar surface area (TPSA) is 138 Å². The van der Waals surface area contributed by atoms with Crippen molar-refractivity contribution in [2.75, 3.05) is 31.8 Å². The van der Waals surface area contributed by atoms with E-state index in [2.05, 4.69) is 30.6 Å². The van der Waals surface area contributed by atoms with E-state index in [1.807, 2.05) is 0 Å². The second kappa shape index (κ2) is 10.8. The lowest BCUT2D eigenvalue weighted by Crippen LogP contribution is -2.30. The van der Waals surface area contributed by atoms with Crippen LogP contribution in [0.4, 0.5) is 35.0 Å². The van der Waals surface area contributed by atoms with Crippen LogP contribution in [-0.2, 0) is 13.2 Å². The van der Waals surface area contributed by atoms with E-state index in [1.165, 1.54) is 43.5 Å². The Balaban J connectivity index is 1.75. The first-order valence-corrected chi connectivity index (χ1v) is 11.8. The molecule has 40 heavy (non-hydrogen) atoms. The second-order valence-corrected chi connectivity index (χ2v) is 8.89. The van der Waals surface area contributed by atoms with Gasteiger partial charge in [0, 0.05) is 39.7 Å². The molecule has 5 N–H and O–H groups in total. The molecule has 0 saturated heterocycles. The highest BCUT2D eigenvalue weighted by Gasteiger charge is 2.37. The Labute approximate surface area is 229 Å². The quantitative estimate of drug-likeness (QED) is 0.147. The van der Waals surface area contributed by atoms with Crippen LogP contribution >= 0.6 is 11.6 Å². The normalized spacial score (nSPS) is 12.0. The van der Waals surface area contributed by atoms with E-state index in [-0.39, 0.29) is 33.8 Å². The molecular formula is C24H23ClF4N9O2+. The number of rotatable bonds is 7. The smallest absolute Gasteiger partial charge is 0.419 e. The number of aromatic nitrogens is 5. The number of nitrogens with one attached hydrogen (secondary N) is 3. The first-order valence-electron chi connectivity index (χ1n) is 11.4. The number of carbonyl (C=O) groups excluding carboxylic acids is 1. The third kappa shape index (κ3) is 5.27. The van der Waals surface area contributed by atoms with E-state index in [0.29, 0.717) is 23.1 Å². The molecule has 0 unspecified atom stereocenters. The number of pyridine rings is 1. The van der Waals surface area contributed by atoms with Crippen molar-refractivity contribution in [1.82, 2.24) is 24.8 Å². The summed E-state index contributed by atoms with van der Waals surface area (Å²) in [5.41, 5.74) is 4.08. The largest absolute Gasteiger partial charge is 0.450 e. The molecule has 1 aromatic carbocycles. The van der Waals surface area contributed by atoms with Gasteiger partial charge in [-0.25, -0.2) is 34.2 Å². The van der Waals surface area contributed by atoms with Crippen molar-refractivity contribution in [2.24, 2.45) is 12.8 Å². The Morgan fingerprint density at radius 1 is 1.23 bits per heavy atom. The standard InChI is InChI=1S/C24H22ClF4N9O2/c1-31-20-18(32-5-6-33-20)14(9-30)40-15-10-34-21-19(16(15)25)38(4)23(36-21)35-11-7-12(22(39)37(2)3)17(26)13(8-11)24(27,28)29/h5-10H,1-4H3,(H4,30,31,32,33,34,35,36)/p+1. The van der Waals surface area contributed by atoms with Crippen molar-refractivity contribution in [1.29, 1.82) is 0 Å². The van der Waals surface area contributed by atoms with Gasteiger partial charge in [0.05, 0.1) is 24.4 Å². The molecule has 4 aromatic rings. The molecule has 3 heterocycles. The van der Waals surface area contributed by atoms with E-state index >= 15 is 0 Å². The van der Waals surface area contributed by atoms with Gasteiger partial charge in [-0.15, -0.1) is 0 Å². The van der Waals surface area contributed by atoms with Crippen LogP contribution in [0.2, 0.25) is 5.02 Å². The minimum Gasteiger partial charge on any atom is -0.450 e. The van der Waals surface area contributed by atoms with E-state index in [4.69, 9.17) is 22.1 Å². The van der Waals surface area contributed by atoms with Crippen molar-refractivity contribution in [3.63, 3.8) is 0 Å². The summed E-state index contributed by atoms with van der Waals surface area (Å²) in [6.07, 6.45) is 0.378. The fourth-order valence-corrected chi connectivity index (χ4v) is 4.07. The van der Waals surface area contributed by atoms with Crippen LogP contribution in [0.1, 0.15) is 21.6 Å². The van der Waals surface area contributed by atoms with E-state index < -0.39 is 29.0 Å². The summed E-state index contributed by atoms with van der Waals surface area (Å²) in [6.45, 7) is 0. The maximum absolute atomic E-state index is 14.7. The van der Waals surface area contributed by atoms with Crippen LogP contribution in [0.25, 0.3) is 16.9 Å². The van der Waals surface area contributed by atoms with Crippen molar-refractivity contribution in [3.8, 4) is 5.75 Å². The van der Waals surface area contributed by atoms with Gasteiger partial charge in [0.25, 0.3) is 5.91 Å². The minimum atomic E-state index is -5.05. The average Bonchev–Trinajstić information content (AvgIpc) is 3.23. The lowest BCUT2D eigenvalue weighted by molar-refractivity contribution is -0.629. The number of halogens is 5. The first-order chi connectivity index (χ1) is 18.9. The molecular weight excluding hydrogens is 558 g/mol. The maximum atomic E-state index is 14.7. The maximum Gasteiger partial charge on any atom is 0.419 e. The molecule has 0 aliphatic rings. The van der Waals surface area contributed by atoms with Gasteiger partial charge < -0.3 is 20.7 Å². The van der Waals surface area contributed by atoms with Crippen LogP contribution in [0, 0.1) is 5.82 Å². The number of carbonyl (C=O) groups is 1. The van der Waals surface area contributed by atoms with Gasteiger partial charge >= 0.3 is 12.1 Å². The predicted molar refractivity (Wildman–Crippen MR) is 139 cm³/mol. The van der Waals surface area contributed by atoms with E-state index in [0.717, 1.165) is 11.0 Å². The highest BCUT2D eigenvalue weighted by Crippen LogP contribution is 2.37. The zero-order valence-electron chi connectivity index (χ0n) is 21.5. The van der Waals surface area contributed by atoms with Gasteiger partial charge in [0.15, 0.2) is 22.8 Å². The molecule has 1 amide bonds. The number of H-pyrrole nitrogens is 1. The first kappa shape index (κ1) is 28.4. The number of nitrogens with two attached hydrogens (primary N) is 1. The number of fused-ring (bicyclic) bond motifs is 1. The van der Waals surface area contributed by atoms with Gasteiger partial charge in [0.2, 0.25) is 5.65 Å². The Kier molecular flexibility index (Phi) is 7.68. The highest BCUT2D eigenvalue weighted by molar-refractivity contribution is 6.36. The van der Waals surface area contributed by atoms with Crippen LogP contribution in [0.5, 0.6) is 5.75 Å². The molecule has 0 bridgehead atoms. The Hall–Kier alpha value is -4.66. The molecule has 3 aromatic heterocycles. The monoisotopic (exact) mass is 580 g/mol. The second-order valence-electron chi connectivity index (χ2n) is 8.51. The van der Waals surface area contributed by atoms with E-state index in [1.54, 1.807) is 14.1 Å². The van der Waals surface area contributed by atoms with Crippen molar-refractivity contribution in [3.05, 3.63) is 64.6 Å². The molecule has 4 rings (SSSR count). The number of ether oxygens (including phenoxy) is 1. The zero-order chi connectivity index (χ0) is 29.4. The number of benzene rings is 1. The number of hydrogen-bond acceptors (Lipinski definition) is 8. The fourth-order valence-electron chi connectivity index (χ4n) is 3.77. The third-order valence-corrected chi connectivity index (χ3v) is 6.05. The van der Waals surface area contributed by atoms with Crippen molar-refractivity contribution < 1.29 is 31.7 Å². The summed E-state index contributed by atoms with van der Waals surface area (Å²) in [5, 5.41) is 5.71. The molecule has 0 spiro atoms. The Morgan fingerprint density at radius 2 is 1.93 bits per heavy atom. The summed E-state index contributed by atoms with van der Waals surface area (Å²) < 4.78 is 62.8.